The molecule has 3 nitrogen and oxygen atoms in total. The number of aryl methyl sites for hydroxylation is 1. The summed E-state index contributed by atoms with van der Waals surface area (Å²) in [4.78, 5) is 15.9. The molecule has 0 unspecified atom stereocenters. The Morgan fingerprint density at radius 1 is 1.60 bits per heavy atom. The monoisotopic (exact) mass is 224 g/mol. The molecule has 1 aromatic heterocycles. The molecule has 0 aliphatic heterocycles. The van der Waals surface area contributed by atoms with Crippen LogP contribution >= 0.6 is 11.6 Å². The number of halogens is 1. The molecule has 1 saturated carbocycles. The van der Waals surface area contributed by atoms with E-state index in [-0.39, 0.29) is 11.4 Å². The molecular formula is C11H13ClN2O. The SMILES string of the molecule is Cc1cc(Cl)c(C(=O)NC2(C)CC2)cn1. The van der Waals surface area contributed by atoms with Gasteiger partial charge in [0.15, 0.2) is 0 Å². The van der Waals surface area contributed by atoms with Gasteiger partial charge in [-0.05, 0) is 32.8 Å². The average molecular weight is 225 g/mol. The number of nitrogens with one attached hydrogen (secondary N) is 1. The summed E-state index contributed by atoms with van der Waals surface area (Å²) in [6, 6.07) is 1.70. The van der Waals surface area contributed by atoms with Crippen LogP contribution in [0, 0.1) is 6.92 Å². The Labute approximate surface area is 93.8 Å². The van der Waals surface area contributed by atoms with Crippen molar-refractivity contribution in [2.24, 2.45) is 0 Å². The number of nitrogens with zero attached hydrogens (tertiary/aromatic N) is 1. The fourth-order valence-corrected chi connectivity index (χ4v) is 1.64. The minimum atomic E-state index is -0.132. The molecule has 4 heteroatoms. The minimum Gasteiger partial charge on any atom is -0.347 e. The van der Waals surface area contributed by atoms with Gasteiger partial charge in [0, 0.05) is 17.4 Å². The molecule has 2 rings (SSSR count). The molecule has 0 aromatic carbocycles. The van der Waals surface area contributed by atoms with Crippen LogP contribution in [0.15, 0.2) is 12.3 Å². The second kappa shape index (κ2) is 3.49. The van der Waals surface area contributed by atoms with Gasteiger partial charge in [-0.1, -0.05) is 11.6 Å². The lowest BCUT2D eigenvalue weighted by Crippen LogP contribution is -2.34. The Kier molecular flexibility index (Phi) is 2.43. The van der Waals surface area contributed by atoms with Crippen molar-refractivity contribution in [1.82, 2.24) is 10.3 Å². The Bertz CT molecular complexity index is 413. The highest BCUT2D eigenvalue weighted by Gasteiger charge is 2.39. The smallest absolute Gasteiger partial charge is 0.254 e. The highest BCUT2D eigenvalue weighted by atomic mass is 35.5. The van der Waals surface area contributed by atoms with Crippen molar-refractivity contribution in [1.29, 1.82) is 0 Å². The molecule has 1 aromatic rings. The molecule has 0 spiro atoms. The molecule has 0 atom stereocenters. The summed E-state index contributed by atoms with van der Waals surface area (Å²) in [6.45, 7) is 3.87. The van der Waals surface area contributed by atoms with Crippen molar-refractivity contribution in [3.05, 3.63) is 28.5 Å². The normalized spacial score (nSPS) is 17.3. The van der Waals surface area contributed by atoms with E-state index in [2.05, 4.69) is 10.3 Å². The van der Waals surface area contributed by atoms with E-state index in [0.29, 0.717) is 10.6 Å². The van der Waals surface area contributed by atoms with Crippen LogP contribution in [-0.4, -0.2) is 16.4 Å². The molecule has 1 fully saturated rings. The maximum absolute atomic E-state index is 11.8. The molecule has 1 aliphatic rings. The van der Waals surface area contributed by atoms with Gasteiger partial charge >= 0.3 is 0 Å². The highest BCUT2D eigenvalue weighted by Crippen LogP contribution is 2.34. The molecule has 1 heterocycles. The predicted molar refractivity (Wildman–Crippen MR) is 59.1 cm³/mol. The topological polar surface area (TPSA) is 42.0 Å². The number of amides is 1. The summed E-state index contributed by atoms with van der Waals surface area (Å²) in [5.74, 6) is -0.132. The molecular weight excluding hydrogens is 212 g/mol. The number of hydrogen-bond acceptors (Lipinski definition) is 2. The van der Waals surface area contributed by atoms with E-state index in [9.17, 15) is 4.79 Å². The van der Waals surface area contributed by atoms with E-state index in [1.54, 1.807) is 6.07 Å². The van der Waals surface area contributed by atoms with Crippen molar-refractivity contribution in [2.75, 3.05) is 0 Å². The summed E-state index contributed by atoms with van der Waals surface area (Å²) >= 11 is 5.97. The molecule has 1 amide bonds. The molecule has 1 N–H and O–H groups in total. The van der Waals surface area contributed by atoms with Gasteiger partial charge in [0.1, 0.15) is 0 Å². The van der Waals surface area contributed by atoms with Gasteiger partial charge in [-0.15, -0.1) is 0 Å². The van der Waals surface area contributed by atoms with E-state index in [0.717, 1.165) is 18.5 Å². The standard InChI is InChI=1S/C11H13ClN2O/c1-7-5-9(12)8(6-13-7)10(15)14-11(2)3-4-11/h5-6H,3-4H2,1-2H3,(H,14,15). The minimum absolute atomic E-state index is 0.0225. The number of carbonyl (C=O) groups is 1. The van der Waals surface area contributed by atoms with Crippen LogP contribution < -0.4 is 5.32 Å². The van der Waals surface area contributed by atoms with Crippen LogP contribution in [-0.2, 0) is 0 Å². The fraction of sp³-hybridized carbons (Fsp3) is 0.455. The van der Waals surface area contributed by atoms with Crippen LogP contribution in [0.3, 0.4) is 0 Å². The van der Waals surface area contributed by atoms with E-state index in [1.165, 1.54) is 6.20 Å². The summed E-state index contributed by atoms with van der Waals surface area (Å²) in [6.07, 6.45) is 3.60. The number of pyridine rings is 1. The Hall–Kier alpha value is -1.09. The largest absolute Gasteiger partial charge is 0.347 e. The molecule has 0 saturated heterocycles. The van der Waals surface area contributed by atoms with Crippen molar-refractivity contribution in [2.45, 2.75) is 32.2 Å². The van der Waals surface area contributed by atoms with Gasteiger partial charge in [0.05, 0.1) is 10.6 Å². The number of aromatic nitrogens is 1. The first-order valence-electron chi connectivity index (χ1n) is 4.95. The molecule has 1 aliphatic carbocycles. The first-order valence-corrected chi connectivity index (χ1v) is 5.33. The summed E-state index contributed by atoms with van der Waals surface area (Å²) < 4.78 is 0. The van der Waals surface area contributed by atoms with Crippen molar-refractivity contribution in [3.8, 4) is 0 Å². The highest BCUT2D eigenvalue weighted by molar-refractivity contribution is 6.33. The second-order valence-corrected chi connectivity index (χ2v) is 4.73. The van der Waals surface area contributed by atoms with Crippen LogP contribution in [0.25, 0.3) is 0 Å². The Morgan fingerprint density at radius 2 is 2.27 bits per heavy atom. The average Bonchev–Trinajstić information content (AvgIpc) is 2.82. The van der Waals surface area contributed by atoms with E-state index >= 15 is 0 Å². The molecule has 15 heavy (non-hydrogen) atoms. The maximum Gasteiger partial charge on any atom is 0.254 e. The van der Waals surface area contributed by atoms with Gasteiger partial charge in [0.2, 0.25) is 0 Å². The van der Waals surface area contributed by atoms with E-state index in [4.69, 9.17) is 11.6 Å². The maximum atomic E-state index is 11.8. The predicted octanol–water partition coefficient (Wildman–Crippen LogP) is 2.33. The number of carbonyl (C=O) groups excluding carboxylic acids is 1. The van der Waals surface area contributed by atoms with Crippen LogP contribution in [0.4, 0.5) is 0 Å². The fourth-order valence-electron chi connectivity index (χ4n) is 1.35. The second-order valence-electron chi connectivity index (χ2n) is 4.32. The van der Waals surface area contributed by atoms with Crippen molar-refractivity contribution >= 4 is 17.5 Å². The van der Waals surface area contributed by atoms with E-state index < -0.39 is 0 Å². The van der Waals surface area contributed by atoms with Gasteiger partial charge in [-0.3, -0.25) is 9.78 Å². The summed E-state index contributed by atoms with van der Waals surface area (Å²) in [5.41, 5.74) is 1.25. The molecule has 0 bridgehead atoms. The zero-order chi connectivity index (χ0) is 11.1. The number of rotatable bonds is 2. The first-order chi connectivity index (χ1) is 7.00. The third-order valence-electron chi connectivity index (χ3n) is 2.65. The quantitative estimate of drug-likeness (QED) is 0.838. The van der Waals surface area contributed by atoms with E-state index in [1.807, 2.05) is 13.8 Å². The Balaban J connectivity index is 2.18. The lowest BCUT2D eigenvalue weighted by atomic mass is 10.2. The van der Waals surface area contributed by atoms with Gasteiger partial charge < -0.3 is 5.32 Å². The first kappa shape index (κ1) is 10.4. The van der Waals surface area contributed by atoms with Crippen LogP contribution in [0.1, 0.15) is 35.8 Å². The summed E-state index contributed by atoms with van der Waals surface area (Å²) in [7, 11) is 0. The van der Waals surface area contributed by atoms with Crippen molar-refractivity contribution < 1.29 is 4.79 Å². The zero-order valence-electron chi connectivity index (χ0n) is 8.80. The Morgan fingerprint density at radius 3 is 2.80 bits per heavy atom. The van der Waals surface area contributed by atoms with Gasteiger partial charge in [-0.2, -0.15) is 0 Å². The lowest BCUT2D eigenvalue weighted by Gasteiger charge is -2.12. The van der Waals surface area contributed by atoms with Gasteiger partial charge in [0.25, 0.3) is 5.91 Å². The van der Waals surface area contributed by atoms with Gasteiger partial charge in [-0.25, -0.2) is 0 Å². The molecule has 80 valence electrons. The molecule has 0 radical (unpaired) electrons. The lowest BCUT2D eigenvalue weighted by molar-refractivity contribution is 0.0935. The zero-order valence-corrected chi connectivity index (χ0v) is 9.56. The van der Waals surface area contributed by atoms with Crippen LogP contribution in [0.2, 0.25) is 5.02 Å². The number of hydrogen-bond donors (Lipinski definition) is 1. The van der Waals surface area contributed by atoms with Crippen molar-refractivity contribution in [3.63, 3.8) is 0 Å². The third-order valence-corrected chi connectivity index (χ3v) is 2.96. The third kappa shape index (κ3) is 2.29. The summed E-state index contributed by atoms with van der Waals surface area (Å²) in [5, 5.41) is 3.41. The van der Waals surface area contributed by atoms with Crippen LogP contribution in [0.5, 0.6) is 0 Å².